The van der Waals surface area contributed by atoms with Crippen molar-refractivity contribution in [3.05, 3.63) is 53.5 Å². The molecular formula is C26H33N5O3. The lowest BCUT2D eigenvalue weighted by Gasteiger charge is -2.62. The average molecular weight is 464 g/mol. The molecule has 8 nitrogen and oxygen atoms in total. The molecule has 2 atom stereocenters. The van der Waals surface area contributed by atoms with Crippen molar-refractivity contribution < 1.29 is 14.7 Å². The first-order chi connectivity index (χ1) is 16.3. The second kappa shape index (κ2) is 8.65. The second-order valence-corrected chi connectivity index (χ2v) is 10.6. The van der Waals surface area contributed by atoms with Crippen LogP contribution in [0.4, 0.5) is 5.82 Å². The normalized spacial score (nSPS) is 29.0. The Morgan fingerprint density at radius 1 is 0.971 bits per heavy atom. The van der Waals surface area contributed by atoms with Gasteiger partial charge in [0.25, 0.3) is 11.8 Å². The molecule has 4 saturated carbocycles. The van der Waals surface area contributed by atoms with Gasteiger partial charge < -0.3 is 20.6 Å². The van der Waals surface area contributed by atoms with Crippen molar-refractivity contribution in [3.8, 4) is 0 Å². The molecule has 6 rings (SSSR count). The van der Waals surface area contributed by atoms with Crippen LogP contribution >= 0.6 is 0 Å². The van der Waals surface area contributed by atoms with Crippen molar-refractivity contribution in [2.24, 2.45) is 11.8 Å². The Bertz CT molecular complexity index is 1090. The quantitative estimate of drug-likeness (QED) is 0.582. The van der Waals surface area contributed by atoms with Gasteiger partial charge in [0.1, 0.15) is 17.2 Å². The standard InChI is InChI=1S/C26H33N5O3/c1-17-5-3-6-20(27-17)23(33)29-25-12-18-11-19(13-25)15-26(14-18,16-25)30-24(34)21-7-4-8-22(28-21)31(2)9-10-32/h3-8,18-19,32H,9-16H2,1-2H3,(H,29,33)(H,30,34). The Labute approximate surface area is 200 Å². The van der Waals surface area contributed by atoms with Crippen LogP contribution in [0.2, 0.25) is 0 Å². The molecule has 2 unspecified atom stereocenters. The largest absolute Gasteiger partial charge is 0.395 e. The average Bonchev–Trinajstić information content (AvgIpc) is 2.78. The van der Waals surface area contributed by atoms with Crippen LogP contribution < -0.4 is 15.5 Å². The van der Waals surface area contributed by atoms with E-state index in [2.05, 4.69) is 20.6 Å². The fourth-order valence-electron chi connectivity index (χ4n) is 6.86. The van der Waals surface area contributed by atoms with E-state index >= 15 is 0 Å². The number of aryl methyl sites for hydroxylation is 1. The SMILES string of the molecule is Cc1cccc(C(=O)NC23CC4CC(C2)CC(NC(=O)c2cccc(N(C)CCO)n2)(C4)C3)n1. The summed E-state index contributed by atoms with van der Waals surface area (Å²) in [5.74, 6) is 1.32. The van der Waals surface area contributed by atoms with Gasteiger partial charge in [-0.3, -0.25) is 9.59 Å². The molecule has 2 amide bonds. The van der Waals surface area contributed by atoms with E-state index in [0.717, 1.165) is 44.2 Å². The van der Waals surface area contributed by atoms with Crippen LogP contribution in [0.5, 0.6) is 0 Å². The number of carbonyl (C=O) groups is 2. The van der Waals surface area contributed by atoms with Gasteiger partial charge in [0.05, 0.1) is 6.61 Å². The molecule has 4 aliphatic carbocycles. The van der Waals surface area contributed by atoms with E-state index in [1.165, 1.54) is 0 Å². The van der Waals surface area contributed by atoms with Crippen molar-refractivity contribution in [1.82, 2.24) is 20.6 Å². The van der Waals surface area contributed by atoms with Crippen LogP contribution in [0.3, 0.4) is 0 Å². The summed E-state index contributed by atoms with van der Waals surface area (Å²) in [5.41, 5.74) is 1.00. The number of rotatable bonds is 7. The zero-order valence-electron chi connectivity index (χ0n) is 19.9. The Kier molecular flexibility index (Phi) is 5.80. The fourth-order valence-corrected chi connectivity index (χ4v) is 6.86. The lowest BCUT2D eigenvalue weighted by molar-refractivity contribution is -0.0449. The third-order valence-corrected chi connectivity index (χ3v) is 7.73. The maximum atomic E-state index is 13.3. The summed E-state index contributed by atoms with van der Waals surface area (Å²) in [7, 11) is 1.84. The number of pyridine rings is 2. The topological polar surface area (TPSA) is 107 Å². The molecule has 180 valence electrons. The Hall–Kier alpha value is -3.00. The molecule has 34 heavy (non-hydrogen) atoms. The van der Waals surface area contributed by atoms with E-state index in [-0.39, 0.29) is 29.5 Å². The summed E-state index contributed by atoms with van der Waals surface area (Å²) in [4.78, 5) is 37.2. The van der Waals surface area contributed by atoms with Gasteiger partial charge in [-0.2, -0.15) is 0 Å². The number of nitrogens with one attached hydrogen (secondary N) is 2. The molecule has 2 heterocycles. The highest BCUT2D eigenvalue weighted by molar-refractivity contribution is 5.94. The molecule has 2 aromatic rings. The number of anilines is 1. The lowest BCUT2D eigenvalue weighted by atomic mass is 9.49. The summed E-state index contributed by atoms with van der Waals surface area (Å²) < 4.78 is 0. The summed E-state index contributed by atoms with van der Waals surface area (Å²) in [6, 6.07) is 10.9. The maximum absolute atomic E-state index is 13.3. The van der Waals surface area contributed by atoms with Gasteiger partial charge in [0.2, 0.25) is 0 Å². The van der Waals surface area contributed by atoms with E-state index in [4.69, 9.17) is 0 Å². The van der Waals surface area contributed by atoms with Gasteiger partial charge in [0, 0.05) is 30.4 Å². The van der Waals surface area contributed by atoms with Crippen molar-refractivity contribution >= 4 is 17.6 Å². The van der Waals surface area contributed by atoms with Crippen molar-refractivity contribution in [2.45, 2.75) is 56.5 Å². The zero-order chi connectivity index (χ0) is 23.9. The van der Waals surface area contributed by atoms with Crippen LogP contribution in [0.25, 0.3) is 0 Å². The molecule has 3 N–H and O–H groups in total. The number of nitrogens with zero attached hydrogens (tertiary/aromatic N) is 3. The minimum atomic E-state index is -0.330. The highest BCUT2D eigenvalue weighted by atomic mass is 16.3. The Balaban J connectivity index is 1.34. The van der Waals surface area contributed by atoms with Gasteiger partial charge >= 0.3 is 0 Å². The molecule has 4 bridgehead atoms. The highest BCUT2D eigenvalue weighted by Crippen LogP contribution is 2.57. The minimum absolute atomic E-state index is 0.0202. The molecule has 0 aliphatic heterocycles. The molecule has 4 aliphatic rings. The molecule has 0 spiro atoms. The van der Waals surface area contributed by atoms with Crippen LogP contribution in [0.1, 0.15) is 65.2 Å². The van der Waals surface area contributed by atoms with Crippen molar-refractivity contribution in [3.63, 3.8) is 0 Å². The summed E-state index contributed by atoms with van der Waals surface area (Å²) in [6.07, 6.45) is 5.70. The molecule has 0 saturated heterocycles. The van der Waals surface area contributed by atoms with E-state index < -0.39 is 0 Å². The number of aromatic nitrogens is 2. The summed E-state index contributed by atoms with van der Waals surface area (Å²) >= 11 is 0. The third-order valence-electron chi connectivity index (χ3n) is 7.73. The maximum Gasteiger partial charge on any atom is 0.270 e. The first-order valence-electron chi connectivity index (χ1n) is 12.2. The Morgan fingerprint density at radius 2 is 1.53 bits per heavy atom. The van der Waals surface area contributed by atoms with E-state index in [9.17, 15) is 14.7 Å². The first-order valence-corrected chi connectivity index (χ1v) is 12.2. The van der Waals surface area contributed by atoms with E-state index in [1.807, 2.05) is 43.1 Å². The van der Waals surface area contributed by atoms with E-state index in [1.54, 1.807) is 12.1 Å². The minimum Gasteiger partial charge on any atom is -0.395 e. The number of carbonyl (C=O) groups excluding carboxylic acids is 2. The number of aliphatic hydroxyl groups excluding tert-OH is 1. The number of likely N-dealkylation sites (N-methyl/N-ethyl adjacent to an activating group) is 1. The lowest BCUT2D eigenvalue weighted by Crippen LogP contribution is -2.70. The van der Waals surface area contributed by atoms with Gasteiger partial charge in [-0.15, -0.1) is 0 Å². The van der Waals surface area contributed by atoms with Crippen LogP contribution in [-0.4, -0.2) is 58.2 Å². The summed E-state index contributed by atoms with van der Waals surface area (Å²) in [6.45, 7) is 2.35. The molecule has 0 aromatic carbocycles. The van der Waals surface area contributed by atoms with Gasteiger partial charge in [-0.1, -0.05) is 12.1 Å². The van der Waals surface area contributed by atoms with Crippen molar-refractivity contribution in [2.75, 3.05) is 25.1 Å². The van der Waals surface area contributed by atoms with Crippen molar-refractivity contribution in [1.29, 1.82) is 0 Å². The highest BCUT2D eigenvalue weighted by Gasteiger charge is 2.58. The molecular weight excluding hydrogens is 430 g/mol. The molecule has 2 aromatic heterocycles. The summed E-state index contributed by atoms with van der Waals surface area (Å²) in [5, 5.41) is 15.9. The van der Waals surface area contributed by atoms with Gasteiger partial charge in [-0.05, 0) is 81.5 Å². The Morgan fingerprint density at radius 3 is 2.09 bits per heavy atom. The number of amides is 2. The monoisotopic (exact) mass is 463 g/mol. The van der Waals surface area contributed by atoms with Crippen LogP contribution in [0.15, 0.2) is 36.4 Å². The molecule has 8 heteroatoms. The third kappa shape index (κ3) is 4.39. The zero-order valence-corrected chi connectivity index (χ0v) is 19.9. The number of hydrogen-bond donors (Lipinski definition) is 3. The van der Waals surface area contributed by atoms with Crippen LogP contribution in [-0.2, 0) is 0 Å². The fraction of sp³-hybridized carbons (Fsp3) is 0.538. The first kappa shape index (κ1) is 22.8. The van der Waals surface area contributed by atoms with E-state index in [0.29, 0.717) is 35.6 Å². The number of aliphatic hydroxyl groups is 1. The van der Waals surface area contributed by atoms with Gasteiger partial charge in [-0.25, -0.2) is 9.97 Å². The number of hydrogen-bond acceptors (Lipinski definition) is 6. The smallest absolute Gasteiger partial charge is 0.270 e. The molecule has 0 radical (unpaired) electrons. The predicted octanol–water partition coefficient (Wildman–Crippen LogP) is 2.46. The van der Waals surface area contributed by atoms with Gasteiger partial charge in [0.15, 0.2) is 0 Å². The molecule has 4 fully saturated rings. The predicted molar refractivity (Wildman–Crippen MR) is 129 cm³/mol. The van der Waals surface area contributed by atoms with Crippen LogP contribution in [0, 0.1) is 18.8 Å². The second-order valence-electron chi connectivity index (χ2n) is 10.6.